The topological polar surface area (TPSA) is 34.5 Å². The highest BCUT2D eigenvalue weighted by Crippen LogP contribution is 2.43. The number of para-hydroxylation sites is 1. The summed E-state index contributed by atoms with van der Waals surface area (Å²) in [4.78, 5) is 15.7. The number of hydrogen-bond acceptors (Lipinski definition) is 3. The van der Waals surface area contributed by atoms with Crippen LogP contribution in [0, 0.1) is 0 Å². The molecule has 3 heterocycles. The average Bonchev–Trinajstić information content (AvgIpc) is 2.94. The van der Waals surface area contributed by atoms with Gasteiger partial charge in [0.05, 0.1) is 17.3 Å². The Morgan fingerprint density at radius 3 is 2.73 bits per heavy atom. The predicted octanol–water partition coefficient (Wildman–Crippen LogP) is 5.06. The van der Waals surface area contributed by atoms with Crippen LogP contribution in [0.15, 0.2) is 35.9 Å². The van der Waals surface area contributed by atoms with Crippen molar-refractivity contribution in [3.63, 3.8) is 0 Å². The second-order valence-electron chi connectivity index (χ2n) is 8.31. The molecule has 2 aromatic rings. The standard InChI is InChI=1S/C22H28N2O2/c1-5-15-9-8-13-23-14-12-17-16-10-6-7-11-18(16)24(20(17)19(15)23)21(25)26-22(2,3)4/h6-7,9-11,19H,5,8,12-14H2,1-4H3. The fraction of sp³-hybridized carbons (Fsp3) is 0.500. The van der Waals surface area contributed by atoms with E-state index < -0.39 is 5.60 Å². The minimum Gasteiger partial charge on any atom is -0.443 e. The molecule has 0 saturated heterocycles. The first kappa shape index (κ1) is 17.3. The number of carbonyl (C=O) groups is 1. The molecule has 4 rings (SSSR count). The third kappa shape index (κ3) is 2.77. The van der Waals surface area contributed by atoms with Gasteiger partial charge in [0.25, 0.3) is 0 Å². The highest BCUT2D eigenvalue weighted by Gasteiger charge is 2.38. The second-order valence-corrected chi connectivity index (χ2v) is 8.31. The maximum atomic E-state index is 13.2. The third-order valence-corrected chi connectivity index (χ3v) is 5.45. The summed E-state index contributed by atoms with van der Waals surface area (Å²) in [5, 5.41) is 1.19. The molecular weight excluding hydrogens is 324 g/mol. The van der Waals surface area contributed by atoms with Crippen LogP contribution in [0.4, 0.5) is 4.79 Å². The van der Waals surface area contributed by atoms with E-state index in [1.807, 2.05) is 37.5 Å². The Kier molecular flexibility index (Phi) is 4.19. The van der Waals surface area contributed by atoms with Crippen molar-refractivity contribution in [1.29, 1.82) is 0 Å². The molecule has 0 spiro atoms. The highest BCUT2D eigenvalue weighted by molar-refractivity contribution is 5.94. The lowest BCUT2D eigenvalue weighted by atomic mass is 9.88. The van der Waals surface area contributed by atoms with E-state index in [1.165, 1.54) is 16.5 Å². The molecule has 0 fully saturated rings. The van der Waals surface area contributed by atoms with E-state index in [9.17, 15) is 4.79 Å². The summed E-state index contributed by atoms with van der Waals surface area (Å²) in [6.07, 6.45) is 5.20. The fourth-order valence-electron chi connectivity index (χ4n) is 4.45. The van der Waals surface area contributed by atoms with Crippen LogP contribution in [-0.4, -0.2) is 34.3 Å². The number of hydrogen-bond donors (Lipinski definition) is 0. The molecule has 26 heavy (non-hydrogen) atoms. The molecular formula is C22H28N2O2. The molecule has 4 nitrogen and oxygen atoms in total. The highest BCUT2D eigenvalue weighted by atomic mass is 16.6. The first-order valence-electron chi connectivity index (χ1n) is 9.69. The Hall–Kier alpha value is -2.07. The largest absolute Gasteiger partial charge is 0.443 e. The first-order valence-corrected chi connectivity index (χ1v) is 9.69. The summed E-state index contributed by atoms with van der Waals surface area (Å²) < 4.78 is 7.64. The minimum absolute atomic E-state index is 0.192. The lowest BCUT2D eigenvalue weighted by molar-refractivity contribution is 0.0529. The molecule has 2 aliphatic rings. The number of rotatable bonds is 1. The van der Waals surface area contributed by atoms with Crippen molar-refractivity contribution in [2.75, 3.05) is 13.1 Å². The molecule has 138 valence electrons. The van der Waals surface area contributed by atoms with Crippen molar-refractivity contribution >= 4 is 17.0 Å². The van der Waals surface area contributed by atoms with Crippen molar-refractivity contribution in [1.82, 2.24) is 9.47 Å². The zero-order valence-corrected chi connectivity index (χ0v) is 16.2. The van der Waals surface area contributed by atoms with Crippen LogP contribution in [0.2, 0.25) is 0 Å². The van der Waals surface area contributed by atoms with Gasteiger partial charge in [-0.1, -0.05) is 36.8 Å². The first-order chi connectivity index (χ1) is 12.4. The SMILES string of the molecule is CCC1=CCCN2CCc3c(n(C(=O)OC(C)(C)C)c4ccccc34)C12. The molecule has 1 unspecified atom stereocenters. The van der Waals surface area contributed by atoms with Crippen molar-refractivity contribution < 1.29 is 9.53 Å². The number of carbonyl (C=O) groups excluding carboxylic acids is 1. The average molecular weight is 352 g/mol. The van der Waals surface area contributed by atoms with Crippen molar-refractivity contribution in [2.45, 2.75) is 58.6 Å². The van der Waals surface area contributed by atoms with E-state index in [2.05, 4.69) is 30.0 Å². The van der Waals surface area contributed by atoms with Crippen molar-refractivity contribution in [2.24, 2.45) is 0 Å². The summed E-state index contributed by atoms with van der Waals surface area (Å²) in [6.45, 7) is 10.1. The lowest BCUT2D eigenvalue weighted by Crippen LogP contribution is -2.41. The van der Waals surface area contributed by atoms with Gasteiger partial charge >= 0.3 is 6.09 Å². The molecule has 2 aliphatic heterocycles. The molecule has 1 aromatic carbocycles. The molecule has 1 atom stereocenters. The van der Waals surface area contributed by atoms with E-state index in [4.69, 9.17) is 4.74 Å². The Balaban J connectivity index is 1.96. The molecule has 0 radical (unpaired) electrons. The lowest BCUT2D eigenvalue weighted by Gasteiger charge is -2.40. The Bertz CT molecular complexity index is 885. The van der Waals surface area contributed by atoms with Gasteiger partial charge < -0.3 is 4.74 Å². The van der Waals surface area contributed by atoms with E-state index in [-0.39, 0.29) is 12.1 Å². The Morgan fingerprint density at radius 1 is 1.23 bits per heavy atom. The molecule has 0 aliphatic carbocycles. The van der Waals surface area contributed by atoms with Gasteiger partial charge in [-0.3, -0.25) is 4.90 Å². The zero-order valence-electron chi connectivity index (χ0n) is 16.2. The summed E-state index contributed by atoms with van der Waals surface area (Å²) >= 11 is 0. The van der Waals surface area contributed by atoms with Gasteiger partial charge in [0, 0.05) is 18.5 Å². The van der Waals surface area contributed by atoms with Gasteiger partial charge in [-0.2, -0.15) is 0 Å². The van der Waals surface area contributed by atoms with Gasteiger partial charge in [-0.05, 0) is 51.7 Å². The zero-order chi connectivity index (χ0) is 18.5. The van der Waals surface area contributed by atoms with Crippen molar-refractivity contribution in [3.8, 4) is 0 Å². The molecule has 0 saturated carbocycles. The summed E-state index contributed by atoms with van der Waals surface area (Å²) in [5.41, 5.74) is 4.31. The molecule has 0 amide bonds. The van der Waals surface area contributed by atoms with Gasteiger partial charge in [0.15, 0.2) is 0 Å². The van der Waals surface area contributed by atoms with Gasteiger partial charge in [-0.15, -0.1) is 0 Å². The summed E-state index contributed by atoms with van der Waals surface area (Å²) in [5.74, 6) is 0. The normalized spacial score (nSPS) is 20.5. The number of aromatic nitrogens is 1. The molecule has 4 heteroatoms. The van der Waals surface area contributed by atoms with E-state index in [0.717, 1.165) is 43.6 Å². The predicted molar refractivity (Wildman–Crippen MR) is 105 cm³/mol. The Morgan fingerprint density at radius 2 is 2.00 bits per heavy atom. The van der Waals surface area contributed by atoms with E-state index >= 15 is 0 Å². The number of fused-ring (bicyclic) bond motifs is 5. The number of benzene rings is 1. The van der Waals surface area contributed by atoms with Crippen LogP contribution >= 0.6 is 0 Å². The van der Waals surface area contributed by atoms with Crippen molar-refractivity contribution in [3.05, 3.63) is 47.2 Å². The molecule has 0 bridgehead atoms. The van der Waals surface area contributed by atoms with E-state index in [0.29, 0.717) is 0 Å². The monoisotopic (exact) mass is 352 g/mol. The van der Waals surface area contributed by atoms with Crippen LogP contribution in [0.1, 0.15) is 57.8 Å². The smallest absolute Gasteiger partial charge is 0.419 e. The quantitative estimate of drug-likeness (QED) is 0.673. The second kappa shape index (κ2) is 6.27. The van der Waals surface area contributed by atoms with Gasteiger partial charge in [-0.25, -0.2) is 9.36 Å². The van der Waals surface area contributed by atoms with Gasteiger partial charge in [0.1, 0.15) is 5.60 Å². The number of nitrogens with zero attached hydrogens (tertiary/aromatic N) is 2. The molecule has 1 aromatic heterocycles. The van der Waals surface area contributed by atoms with Crippen LogP contribution in [-0.2, 0) is 11.2 Å². The van der Waals surface area contributed by atoms with Crippen LogP contribution in [0.25, 0.3) is 10.9 Å². The minimum atomic E-state index is -0.514. The number of ether oxygens (including phenoxy) is 1. The maximum absolute atomic E-state index is 13.2. The fourth-order valence-corrected chi connectivity index (χ4v) is 4.45. The maximum Gasteiger partial charge on any atom is 0.419 e. The van der Waals surface area contributed by atoms with Crippen LogP contribution in [0.3, 0.4) is 0 Å². The third-order valence-electron chi connectivity index (χ3n) is 5.45. The summed E-state index contributed by atoms with van der Waals surface area (Å²) in [7, 11) is 0. The van der Waals surface area contributed by atoms with Gasteiger partial charge in [0.2, 0.25) is 0 Å². The van der Waals surface area contributed by atoms with Crippen LogP contribution < -0.4 is 0 Å². The van der Waals surface area contributed by atoms with E-state index in [1.54, 1.807) is 0 Å². The Labute approximate surface area is 155 Å². The summed E-state index contributed by atoms with van der Waals surface area (Å²) in [6, 6.07) is 8.44. The molecule has 0 N–H and O–H groups in total. The van der Waals surface area contributed by atoms with Crippen LogP contribution in [0.5, 0.6) is 0 Å².